The van der Waals surface area contributed by atoms with Crippen LogP contribution in [-0.4, -0.2) is 14.9 Å². The maximum absolute atomic E-state index is 9.92. The maximum Gasteiger partial charge on any atom is 0.116 e. The highest BCUT2D eigenvalue weighted by molar-refractivity contribution is 7.10. The molecular formula is C9H9ClN2OS. The third kappa shape index (κ3) is 1.82. The van der Waals surface area contributed by atoms with Crippen molar-refractivity contribution in [2.24, 2.45) is 7.05 Å². The van der Waals surface area contributed by atoms with Crippen LogP contribution in [-0.2, 0) is 7.05 Å². The quantitative estimate of drug-likeness (QED) is 0.856. The lowest BCUT2D eigenvalue weighted by Crippen LogP contribution is -1.94. The number of nitrogens with zero attached hydrogens (tertiary/aromatic N) is 2. The maximum atomic E-state index is 9.92. The van der Waals surface area contributed by atoms with E-state index in [2.05, 4.69) is 5.10 Å². The molecule has 0 radical (unpaired) electrons. The van der Waals surface area contributed by atoms with Crippen molar-refractivity contribution in [3.05, 3.63) is 39.3 Å². The van der Waals surface area contributed by atoms with Gasteiger partial charge in [0.25, 0.3) is 0 Å². The molecule has 0 fully saturated rings. The summed E-state index contributed by atoms with van der Waals surface area (Å²) in [6.45, 7) is 0. The third-order valence-electron chi connectivity index (χ3n) is 1.90. The molecule has 14 heavy (non-hydrogen) atoms. The fraction of sp³-hybridized carbons (Fsp3) is 0.222. The molecular weight excluding hydrogens is 220 g/mol. The Hall–Kier alpha value is -0.840. The van der Waals surface area contributed by atoms with Gasteiger partial charge < -0.3 is 5.11 Å². The summed E-state index contributed by atoms with van der Waals surface area (Å²) in [4.78, 5) is 0.836. The lowest BCUT2D eigenvalue weighted by molar-refractivity contribution is 0.224. The second-order valence-corrected chi connectivity index (χ2v) is 4.40. The van der Waals surface area contributed by atoms with Crippen molar-refractivity contribution in [3.63, 3.8) is 0 Å². The van der Waals surface area contributed by atoms with Gasteiger partial charge in [0.2, 0.25) is 0 Å². The van der Waals surface area contributed by atoms with E-state index in [-0.39, 0.29) is 0 Å². The Balaban J connectivity index is 2.28. The number of aliphatic hydroxyl groups is 1. The number of hydrogen-bond donors (Lipinski definition) is 1. The number of thiophene rings is 1. The van der Waals surface area contributed by atoms with E-state index >= 15 is 0 Å². The average Bonchev–Trinajstić information content (AvgIpc) is 2.73. The molecule has 2 heterocycles. The highest BCUT2D eigenvalue weighted by Crippen LogP contribution is 2.29. The van der Waals surface area contributed by atoms with Crippen molar-refractivity contribution in [1.29, 1.82) is 0 Å². The topological polar surface area (TPSA) is 38.0 Å². The lowest BCUT2D eigenvalue weighted by atomic mass is 10.2. The highest BCUT2D eigenvalue weighted by Gasteiger charge is 2.13. The van der Waals surface area contributed by atoms with Crippen LogP contribution in [0, 0.1) is 0 Å². The summed E-state index contributed by atoms with van der Waals surface area (Å²) in [6.07, 6.45) is 2.82. The van der Waals surface area contributed by atoms with E-state index < -0.39 is 6.10 Å². The van der Waals surface area contributed by atoms with E-state index in [0.29, 0.717) is 5.02 Å². The van der Waals surface area contributed by atoms with Crippen LogP contribution >= 0.6 is 22.9 Å². The molecule has 3 nitrogen and oxygen atoms in total. The lowest BCUT2D eigenvalue weighted by Gasteiger charge is -2.03. The van der Waals surface area contributed by atoms with Crippen molar-refractivity contribution in [2.75, 3.05) is 0 Å². The minimum absolute atomic E-state index is 0.624. The molecule has 2 aromatic heterocycles. The van der Waals surface area contributed by atoms with Crippen LogP contribution in [0.5, 0.6) is 0 Å². The van der Waals surface area contributed by atoms with Crippen molar-refractivity contribution in [1.82, 2.24) is 9.78 Å². The van der Waals surface area contributed by atoms with E-state index in [0.717, 1.165) is 10.4 Å². The van der Waals surface area contributed by atoms with Gasteiger partial charge >= 0.3 is 0 Å². The van der Waals surface area contributed by atoms with Crippen LogP contribution in [0.3, 0.4) is 0 Å². The Morgan fingerprint density at radius 1 is 1.64 bits per heavy atom. The van der Waals surface area contributed by atoms with Gasteiger partial charge in [0.1, 0.15) is 6.10 Å². The van der Waals surface area contributed by atoms with Gasteiger partial charge in [-0.05, 0) is 6.07 Å². The molecule has 1 atom stereocenters. The minimum Gasteiger partial charge on any atom is -0.383 e. The summed E-state index contributed by atoms with van der Waals surface area (Å²) < 4.78 is 1.66. The molecule has 0 aromatic carbocycles. The monoisotopic (exact) mass is 228 g/mol. The summed E-state index contributed by atoms with van der Waals surface area (Å²) in [5, 5.41) is 16.4. The van der Waals surface area contributed by atoms with Crippen molar-refractivity contribution in [2.45, 2.75) is 6.10 Å². The van der Waals surface area contributed by atoms with Gasteiger partial charge in [-0.2, -0.15) is 5.10 Å². The van der Waals surface area contributed by atoms with E-state index in [1.807, 2.05) is 7.05 Å². The van der Waals surface area contributed by atoms with Crippen molar-refractivity contribution >= 4 is 22.9 Å². The second kappa shape index (κ2) is 3.73. The van der Waals surface area contributed by atoms with E-state index in [4.69, 9.17) is 11.6 Å². The first-order chi connectivity index (χ1) is 6.66. The molecule has 1 N–H and O–H groups in total. The van der Waals surface area contributed by atoms with Crippen LogP contribution in [0.15, 0.2) is 23.8 Å². The molecule has 2 rings (SSSR count). The molecule has 2 aromatic rings. The average molecular weight is 229 g/mol. The van der Waals surface area contributed by atoms with Gasteiger partial charge in [-0.3, -0.25) is 4.68 Å². The Labute approximate surface area is 90.6 Å². The smallest absolute Gasteiger partial charge is 0.116 e. The normalized spacial score (nSPS) is 13.1. The zero-order chi connectivity index (χ0) is 10.1. The second-order valence-electron chi connectivity index (χ2n) is 3.02. The zero-order valence-corrected chi connectivity index (χ0v) is 9.09. The van der Waals surface area contributed by atoms with Gasteiger partial charge in [-0.1, -0.05) is 11.6 Å². The number of aryl methyl sites for hydroxylation is 1. The van der Waals surface area contributed by atoms with Crippen molar-refractivity contribution in [3.8, 4) is 0 Å². The van der Waals surface area contributed by atoms with Gasteiger partial charge in [-0.25, -0.2) is 0 Å². The van der Waals surface area contributed by atoms with Crippen LogP contribution in [0.2, 0.25) is 5.02 Å². The zero-order valence-electron chi connectivity index (χ0n) is 7.51. The third-order valence-corrected chi connectivity index (χ3v) is 3.23. The van der Waals surface area contributed by atoms with Gasteiger partial charge in [-0.15, -0.1) is 11.3 Å². The summed E-state index contributed by atoms with van der Waals surface area (Å²) in [5.74, 6) is 0. The molecule has 0 saturated heterocycles. The largest absolute Gasteiger partial charge is 0.383 e. The number of halogens is 1. The van der Waals surface area contributed by atoms with Crippen LogP contribution in [0.1, 0.15) is 16.5 Å². The minimum atomic E-state index is -0.624. The summed E-state index contributed by atoms with van der Waals surface area (Å²) >= 11 is 7.22. The number of aromatic nitrogens is 2. The first-order valence-electron chi connectivity index (χ1n) is 4.07. The van der Waals surface area contributed by atoms with Crippen LogP contribution in [0.4, 0.5) is 0 Å². The Morgan fingerprint density at radius 2 is 2.43 bits per heavy atom. The van der Waals surface area contributed by atoms with Crippen LogP contribution in [0.25, 0.3) is 0 Å². The summed E-state index contributed by atoms with van der Waals surface area (Å²) in [5.41, 5.74) is 0.783. The molecule has 1 unspecified atom stereocenters. The highest BCUT2D eigenvalue weighted by atomic mass is 35.5. The predicted molar refractivity (Wildman–Crippen MR) is 56.6 cm³/mol. The first kappa shape index (κ1) is 9.71. The summed E-state index contributed by atoms with van der Waals surface area (Å²) in [6, 6.07) is 1.77. The SMILES string of the molecule is Cn1cc(C(O)c2cc(Cl)cs2)cn1. The number of hydrogen-bond acceptors (Lipinski definition) is 3. The molecule has 5 heteroatoms. The first-order valence-corrected chi connectivity index (χ1v) is 5.33. The molecule has 0 spiro atoms. The molecule has 0 aliphatic carbocycles. The predicted octanol–water partition coefficient (Wildman–Crippen LogP) is 2.22. The fourth-order valence-electron chi connectivity index (χ4n) is 1.22. The number of aliphatic hydroxyl groups excluding tert-OH is 1. The molecule has 0 amide bonds. The van der Waals surface area contributed by atoms with Crippen LogP contribution < -0.4 is 0 Å². The molecule has 0 saturated carbocycles. The van der Waals surface area contributed by atoms with Gasteiger partial charge in [0.15, 0.2) is 0 Å². The van der Waals surface area contributed by atoms with Gasteiger partial charge in [0, 0.05) is 29.1 Å². The standard InChI is InChI=1S/C9H9ClN2OS/c1-12-4-6(3-11-12)9(13)8-2-7(10)5-14-8/h2-5,9,13H,1H3. The van der Waals surface area contributed by atoms with Gasteiger partial charge in [0.05, 0.1) is 11.2 Å². The summed E-state index contributed by atoms with van der Waals surface area (Å²) in [7, 11) is 1.82. The van der Waals surface area contributed by atoms with E-state index in [9.17, 15) is 5.11 Å². The Morgan fingerprint density at radius 3 is 2.93 bits per heavy atom. The fourth-order valence-corrected chi connectivity index (χ4v) is 2.31. The molecule has 0 aliphatic rings. The number of rotatable bonds is 2. The molecule has 74 valence electrons. The molecule has 0 aliphatic heterocycles. The van der Waals surface area contributed by atoms with E-state index in [1.54, 1.807) is 28.5 Å². The Kier molecular flexibility index (Phi) is 2.58. The molecule has 0 bridgehead atoms. The van der Waals surface area contributed by atoms with Crippen molar-refractivity contribution < 1.29 is 5.11 Å². The van der Waals surface area contributed by atoms with E-state index in [1.165, 1.54) is 11.3 Å². The Bertz CT molecular complexity index is 397.